The molecule has 1 aliphatic carbocycles. The number of fused-ring (bicyclic) bond motifs is 4. The first-order chi connectivity index (χ1) is 30.4. The number of nitrogens with zero attached hydrogens (tertiary/aromatic N) is 1. The molecule has 4 aromatic carbocycles. The quantitative estimate of drug-likeness (QED) is 0.0704. The molecule has 4 aromatic rings. The monoisotopic (exact) mass is 893 g/mol. The number of hydrogen-bond donors (Lipinski definition) is 6. The molecule has 1 saturated carbocycles. The second kappa shape index (κ2) is 17.0. The number of unbranched alkanes of at least 4 members (excludes halogenated alkanes) is 1. The Hall–Kier alpha value is -5.83. The van der Waals surface area contributed by atoms with E-state index in [2.05, 4.69) is 31.9 Å². The SMILES string of the molecule is O=C1CCC(N2Cc3c(NCCCCNC(=O)c4ccc(NC(=O)C5NC6(CCCCC6)C6(C(=O)Nc7cc(Cl)ccc76)C5c5cccc(Cl)c5F)cc4)cccc3C2=O)C(=O)N1. The number of halogens is 3. The number of piperidine rings is 1. The van der Waals surface area contributed by atoms with Gasteiger partial charge in [-0.1, -0.05) is 66.7 Å². The summed E-state index contributed by atoms with van der Waals surface area (Å²) in [4.78, 5) is 81.0. The summed E-state index contributed by atoms with van der Waals surface area (Å²) >= 11 is 12.8. The van der Waals surface area contributed by atoms with Crippen LogP contribution in [-0.2, 0) is 31.1 Å². The maximum Gasteiger partial charge on any atom is 0.255 e. The molecule has 0 bridgehead atoms. The highest BCUT2D eigenvalue weighted by atomic mass is 35.5. The number of carbonyl (C=O) groups is 6. The molecule has 16 heteroatoms. The zero-order chi connectivity index (χ0) is 44.0. The molecule has 2 spiro atoms. The Morgan fingerprint density at radius 2 is 1.63 bits per heavy atom. The largest absolute Gasteiger partial charge is 0.385 e. The molecule has 0 aromatic heterocycles. The van der Waals surface area contributed by atoms with Crippen LogP contribution in [0, 0.1) is 5.82 Å². The van der Waals surface area contributed by atoms with Gasteiger partial charge in [0.2, 0.25) is 23.6 Å². The number of imide groups is 1. The summed E-state index contributed by atoms with van der Waals surface area (Å²) in [6, 6.07) is 20.1. The standard InChI is InChI=1S/C47H46Cl2FN7O6/c48-27-14-17-32-35(24-27)54-45(63)47(32)38(30-9-6-10-33(49)39(30)50)40(56-46(47)20-2-1-3-21-46)43(61)53-28-15-12-26(13-16-28)41(59)52-23-5-4-22-51-34-11-7-8-29-31(34)25-57(44(29)62)36-18-19-37(58)55-42(36)60/h6-17,24,36,38,40,51,56H,1-5,18-23,25H2,(H,52,59)(H,53,61)(H,54,63)(H,55,58,60). The van der Waals surface area contributed by atoms with Crippen molar-refractivity contribution in [2.45, 2.75) is 93.3 Å². The van der Waals surface area contributed by atoms with E-state index in [-0.39, 0.29) is 47.2 Å². The second-order valence-corrected chi connectivity index (χ2v) is 17.9. The van der Waals surface area contributed by atoms with Crippen molar-refractivity contribution in [1.29, 1.82) is 0 Å². The van der Waals surface area contributed by atoms with Crippen LogP contribution in [0.15, 0.2) is 78.9 Å². The fourth-order valence-corrected chi connectivity index (χ4v) is 11.0. The van der Waals surface area contributed by atoms with Gasteiger partial charge >= 0.3 is 0 Å². The van der Waals surface area contributed by atoms with Crippen LogP contribution in [-0.4, -0.2) is 71.1 Å². The van der Waals surface area contributed by atoms with Crippen molar-refractivity contribution >= 4 is 75.7 Å². The first kappa shape index (κ1) is 42.5. The Balaban J connectivity index is 0.836. The number of hydrogen-bond acceptors (Lipinski definition) is 8. The Bertz CT molecular complexity index is 2550. The maximum atomic E-state index is 16.2. The topological polar surface area (TPSA) is 178 Å². The smallest absolute Gasteiger partial charge is 0.255 e. The van der Waals surface area contributed by atoms with Gasteiger partial charge in [-0.05, 0) is 97.8 Å². The summed E-state index contributed by atoms with van der Waals surface area (Å²) < 4.78 is 16.2. The number of amides is 6. The summed E-state index contributed by atoms with van der Waals surface area (Å²) in [5, 5.41) is 18.6. The molecule has 4 aliphatic heterocycles. The Morgan fingerprint density at radius 3 is 2.41 bits per heavy atom. The molecule has 6 amide bonds. The second-order valence-electron chi connectivity index (χ2n) is 17.0. The number of nitrogens with one attached hydrogen (secondary N) is 6. The highest BCUT2D eigenvalue weighted by molar-refractivity contribution is 6.31. The molecule has 63 heavy (non-hydrogen) atoms. The van der Waals surface area contributed by atoms with Gasteiger partial charge in [0.1, 0.15) is 17.3 Å². The summed E-state index contributed by atoms with van der Waals surface area (Å²) in [6.07, 6.45) is 5.66. The van der Waals surface area contributed by atoms with Crippen LogP contribution in [0.2, 0.25) is 10.0 Å². The lowest BCUT2D eigenvalue weighted by Crippen LogP contribution is -2.60. The third-order valence-corrected chi connectivity index (χ3v) is 14.0. The minimum Gasteiger partial charge on any atom is -0.385 e. The molecule has 6 N–H and O–H groups in total. The Morgan fingerprint density at radius 1 is 0.873 bits per heavy atom. The molecule has 4 atom stereocenters. The zero-order valence-electron chi connectivity index (χ0n) is 34.3. The number of carbonyl (C=O) groups excluding carboxylic acids is 6. The van der Waals surface area contributed by atoms with Gasteiger partial charge in [0.25, 0.3) is 11.8 Å². The summed E-state index contributed by atoms with van der Waals surface area (Å²) in [7, 11) is 0. The van der Waals surface area contributed by atoms with Crippen molar-refractivity contribution in [3.63, 3.8) is 0 Å². The molecular weight excluding hydrogens is 848 g/mol. The Kier molecular flexibility index (Phi) is 11.5. The lowest BCUT2D eigenvalue weighted by molar-refractivity contribution is -0.137. The van der Waals surface area contributed by atoms with Gasteiger partial charge in [-0.2, -0.15) is 0 Å². The van der Waals surface area contributed by atoms with Crippen LogP contribution in [0.3, 0.4) is 0 Å². The van der Waals surface area contributed by atoms with E-state index >= 15 is 4.39 Å². The van der Waals surface area contributed by atoms with Crippen molar-refractivity contribution in [2.24, 2.45) is 0 Å². The van der Waals surface area contributed by atoms with Crippen LogP contribution in [0.5, 0.6) is 0 Å². The third kappa shape index (κ3) is 7.41. The van der Waals surface area contributed by atoms with Gasteiger partial charge in [-0.25, -0.2) is 4.39 Å². The van der Waals surface area contributed by atoms with E-state index in [0.717, 1.165) is 36.9 Å². The average Bonchev–Trinajstić information content (AvgIpc) is 3.87. The van der Waals surface area contributed by atoms with Crippen molar-refractivity contribution in [1.82, 2.24) is 20.9 Å². The van der Waals surface area contributed by atoms with Gasteiger partial charge in [-0.15, -0.1) is 0 Å². The lowest BCUT2D eigenvalue weighted by Gasteiger charge is -2.47. The molecule has 0 radical (unpaired) electrons. The highest BCUT2D eigenvalue weighted by Crippen LogP contribution is 2.63. The molecule has 2 saturated heterocycles. The predicted octanol–water partition coefficient (Wildman–Crippen LogP) is 6.80. The van der Waals surface area contributed by atoms with E-state index in [0.29, 0.717) is 71.9 Å². The van der Waals surface area contributed by atoms with Crippen LogP contribution < -0.4 is 31.9 Å². The van der Waals surface area contributed by atoms with Gasteiger partial charge in [0, 0.05) is 76.3 Å². The van der Waals surface area contributed by atoms with Crippen LogP contribution >= 0.6 is 23.2 Å². The zero-order valence-corrected chi connectivity index (χ0v) is 35.8. The fourth-order valence-electron chi connectivity index (χ4n) is 10.7. The Labute approximate surface area is 373 Å². The van der Waals surface area contributed by atoms with E-state index in [9.17, 15) is 28.8 Å². The molecule has 5 aliphatic rings. The van der Waals surface area contributed by atoms with E-state index < -0.39 is 46.6 Å². The molecule has 4 heterocycles. The van der Waals surface area contributed by atoms with Gasteiger partial charge in [0.15, 0.2) is 0 Å². The molecular formula is C47H46Cl2FN7O6. The van der Waals surface area contributed by atoms with E-state index in [1.54, 1.807) is 60.7 Å². The number of benzene rings is 4. The van der Waals surface area contributed by atoms with Crippen molar-refractivity contribution in [3.05, 3.63) is 123 Å². The van der Waals surface area contributed by atoms with Crippen molar-refractivity contribution < 1.29 is 33.2 Å². The third-order valence-electron chi connectivity index (χ3n) is 13.5. The first-order valence-corrected chi connectivity index (χ1v) is 22.2. The number of anilines is 3. The minimum absolute atomic E-state index is 0.109. The summed E-state index contributed by atoms with van der Waals surface area (Å²) in [5.41, 5.74) is 2.09. The van der Waals surface area contributed by atoms with E-state index in [1.165, 1.54) is 11.0 Å². The van der Waals surface area contributed by atoms with E-state index in [1.807, 2.05) is 12.1 Å². The van der Waals surface area contributed by atoms with Crippen LogP contribution in [0.4, 0.5) is 21.5 Å². The maximum absolute atomic E-state index is 16.2. The van der Waals surface area contributed by atoms with Crippen molar-refractivity contribution in [2.75, 3.05) is 29.0 Å². The molecule has 9 rings (SSSR count). The number of rotatable bonds is 11. The fraction of sp³-hybridized carbons (Fsp3) is 0.362. The van der Waals surface area contributed by atoms with Crippen LogP contribution in [0.25, 0.3) is 0 Å². The van der Waals surface area contributed by atoms with Crippen LogP contribution in [0.1, 0.15) is 101 Å². The van der Waals surface area contributed by atoms with Gasteiger partial charge < -0.3 is 26.2 Å². The highest BCUT2D eigenvalue weighted by Gasteiger charge is 2.72. The molecule has 4 unspecified atom stereocenters. The average molecular weight is 895 g/mol. The minimum atomic E-state index is -1.36. The van der Waals surface area contributed by atoms with Crippen molar-refractivity contribution in [3.8, 4) is 0 Å². The lowest BCUT2D eigenvalue weighted by atomic mass is 9.55. The predicted molar refractivity (Wildman–Crippen MR) is 236 cm³/mol. The summed E-state index contributed by atoms with van der Waals surface area (Å²) in [6.45, 7) is 1.27. The van der Waals surface area contributed by atoms with Gasteiger partial charge in [-0.3, -0.25) is 39.4 Å². The first-order valence-electron chi connectivity index (χ1n) is 21.4. The molecule has 326 valence electrons. The van der Waals surface area contributed by atoms with E-state index in [4.69, 9.17) is 23.2 Å². The van der Waals surface area contributed by atoms with Gasteiger partial charge in [0.05, 0.1) is 11.1 Å². The molecule has 3 fully saturated rings. The normalized spacial score (nSPS) is 23.3. The molecule has 13 nitrogen and oxygen atoms in total. The summed E-state index contributed by atoms with van der Waals surface area (Å²) in [5.74, 6) is -3.74.